The van der Waals surface area contributed by atoms with Crippen molar-refractivity contribution in [3.8, 4) is 5.75 Å². The van der Waals surface area contributed by atoms with Gasteiger partial charge in [0.05, 0.1) is 55.7 Å². The summed E-state index contributed by atoms with van der Waals surface area (Å²) in [5.74, 6) is -6.55. The van der Waals surface area contributed by atoms with Crippen LogP contribution in [0.25, 0.3) is 0 Å². The number of carbonyl (C=O) groups excluding carboxylic acids is 7. The van der Waals surface area contributed by atoms with E-state index in [2.05, 4.69) is 0 Å². The van der Waals surface area contributed by atoms with Gasteiger partial charge in [0.2, 0.25) is 12.4 Å². The van der Waals surface area contributed by atoms with Gasteiger partial charge < -0.3 is 47.4 Å². The van der Waals surface area contributed by atoms with E-state index in [0.29, 0.717) is 0 Å². The number of esters is 7. The van der Waals surface area contributed by atoms with Crippen molar-refractivity contribution in [2.45, 2.75) is 59.7 Å². The topological polar surface area (TPSA) is 255 Å². The lowest BCUT2D eigenvalue weighted by atomic mass is 9.97. The van der Waals surface area contributed by atoms with E-state index in [1.54, 1.807) is 127 Å². The van der Waals surface area contributed by atoms with E-state index in [9.17, 15) is 43.7 Å². The fraction of sp³-hybridized carbons (Fsp3) is 0.179. The van der Waals surface area contributed by atoms with Crippen LogP contribution in [0.3, 0.4) is 0 Å². The Kier molecular flexibility index (Phi) is 20.0. The summed E-state index contributed by atoms with van der Waals surface area (Å²) < 4.78 is 63.7. The SMILES string of the molecule is O=C(OC[C@H]1S[C@@H](OC[C@H]2O[C@@H](Oc3ccc([N+](=O)[O-])cc3)[C@H](OC(=O)c3ccccc3)[C@@H](OC(=O)c3ccccc3)[C@@H]2OC(=O)c2ccccc2)[C@H](OC(=O)c2ccccc2)[C@@H](OC(=O)c2ccccc2)[C@@H]1OC(=O)c1ccccc1)c1ccccc1. The number of nitro benzene ring substituents is 1. The van der Waals surface area contributed by atoms with Gasteiger partial charge in [0.25, 0.3) is 5.69 Å². The van der Waals surface area contributed by atoms with Crippen LogP contribution in [0, 0.1) is 10.1 Å². The third kappa shape index (κ3) is 15.3. The van der Waals surface area contributed by atoms with Crippen LogP contribution in [0.1, 0.15) is 72.5 Å². The van der Waals surface area contributed by atoms with Crippen LogP contribution in [0.15, 0.2) is 237 Å². The molecule has 0 radical (unpaired) electrons. The average molecular weight is 1210 g/mol. The number of nitrogens with zero attached hydrogens (tertiary/aromatic N) is 1. The van der Waals surface area contributed by atoms with Gasteiger partial charge in [0.15, 0.2) is 30.5 Å². The molecule has 2 aliphatic heterocycles. The van der Waals surface area contributed by atoms with Gasteiger partial charge in [-0.3, -0.25) is 10.1 Å². The van der Waals surface area contributed by atoms with Gasteiger partial charge in [-0.15, -0.1) is 11.8 Å². The van der Waals surface area contributed by atoms with Gasteiger partial charge in [-0.1, -0.05) is 127 Å². The first kappa shape index (κ1) is 60.6. The number of benzene rings is 8. The molecule has 0 amide bonds. The van der Waals surface area contributed by atoms with Crippen molar-refractivity contribution >= 4 is 59.2 Å². The van der Waals surface area contributed by atoms with Crippen molar-refractivity contribution in [1.82, 2.24) is 0 Å². The van der Waals surface area contributed by atoms with Crippen molar-refractivity contribution in [3.63, 3.8) is 0 Å². The summed E-state index contributed by atoms with van der Waals surface area (Å²) in [5, 5.41) is 10.6. The summed E-state index contributed by atoms with van der Waals surface area (Å²) in [4.78, 5) is 111. The maximum Gasteiger partial charge on any atom is 0.338 e. The predicted molar refractivity (Wildman–Crippen MR) is 314 cm³/mol. The Bertz CT molecular complexity index is 3690. The Labute approximate surface area is 507 Å². The number of hydrogen-bond acceptors (Lipinski definition) is 20. The average Bonchev–Trinajstić information content (AvgIpc) is 1.24. The summed E-state index contributed by atoms with van der Waals surface area (Å²) in [5.41, 5.74) is -1.41. The minimum absolute atomic E-state index is 0.0233. The number of hydrogen-bond donors (Lipinski definition) is 0. The minimum atomic E-state index is -1.85. The Balaban J connectivity index is 1.09. The molecule has 10 atom stereocenters. The zero-order valence-corrected chi connectivity index (χ0v) is 47.1. The Hall–Kier alpha value is -10.5. The van der Waals surface area contributed by atoms with E-state index in [1.807, 2.05) is 0 Å². The smallest absolute Gasteiger partial charge is 0.338 e. The molecule has 0 aromatic heterocycles. The fourth-order valence-corrected chi connectivity index (χ4v) is 10.8. The number of nitro groups is 1. The van der Waals surface area contributed by atoms with Crippen molar-refractivity contribution < 1.29 is 85.9 Å². The zero-order valence-electron chi connectivity index (χ0n) is 46.3. The molecule has 8 aromatic carbocycles. The maximum absolute atomic E-state index is 14.5. The largest absolute Gasteiger partial charge is 0.461 e. The summed E-state index contributed by atoms with van der Waals surface area (Å²) >= 11 is 0.859. The molecule has 2 saturated heterocycles. The quantitative estimate of drug-likeness (QED) is 0.0280. The molecule has 0 aliphatic carbocycles. The van der Waals surface area contributed by atoms with Crippen molar-refractivity contribution in [3.05, 3.63) is 286 Å². The van der Waals surface area contributed by atoms with E-state index in [0.717, 1.165) is 23.9 Å². The Morgan fingerprint density at radius 1 is 0.375 bits per heavy atom. The van der Waals surface area contributed by atoms with Crippen LogP contribution < -0.4 is 4.74 Å². The maximum atomic E-state index is 14.5. The lowest BCUT2D eigenvalue weighted by Crippen LogP contribution is -2.64. The molecule has 8 aromatic rings. The molecule has 0 bridgehead atoms. The van der Waals surface area contributed by atoms with Crippen LogP contribution >= 0.6 is 11.8 Å². The highest BCUT2D eigenvalue weighted by atomic mass is 32.2. The van der Waals surface area contributed by atoms with E-state index < -0.39 is 120 Å². The molecule has 10 rings (SSSR count). The molecule has 0 unspecified atom stereocenters. The highest BCUT2D eigenvalue weighted by Gasteiger charge is 2.57. The van der Waals surface area contributed by atoms with Crippen LogP contribution in [-0.4, -0.2) is 120 Å². The summed E-state index contributed by atoms with van der Waals surface area (Å²) in [6, 6.07) is 59.5. The third-order valence-corrected chi connectivity index (χ3v) is 15.2. The van der Waals surface area contributed by atoms with Gasteiger partial charge in [0, 0.05) is 12.1 Å². The normalized spacial score (nSPS) is 21.2. The third-order valence-electron chi connectivity index (χ3n) is 13.8. The number of non-ortho nitro benzene ring substituents is 1. The molecular weight excluding hydrogens is 1150 g/mol. The minimum Gasteiger partial charge on any atom is -0.461 e. The predicted octanol–water partition coefficient (Wildman–Crippen LogP) is 10.4. The zero-order chi connectivity index (χ0) is 61.4. The first-order valence-electron chi connectivity index (χ1n) is 27.5. The van der Waals surface area contributed by atoms with Crippen LogP contribution in [0.4, 0.5) is 5.69 Å². The molecule has 0 saturated carbocycles. The molecular formula is C67H53NO19S. The van der Waals surface area contributed by atoms with Gasteiger partial charge in [-0.25, -0.2) is 33.6 Å². The van der Waals surface area contributed by atoms with E-state index >= 15 is 0 Å². The van der Waals surface area contributed by atoms with Gasteiger partial charge >= 0.3 is 41.8 Å². The standard InChI is InChI=1S/C67H53NO19S/c69-59(42-22-8-1-9-23-42)78-41-52-54(83-61(71)44-26-12-3-13-27-44)56(85-63(73)46-30-16-5-17-31-46)58(87-65(75)48-34-20-7-21-35-48)67(88-52)79-40-51-53(82-60(70)43-24-10-2-11-25-43)55(84-62(72)45-28-14-4-15-29-45)57(86-64(74)47-32-18-6-19-33-47)66(81-51)80-50-38-36-49(37-39-50)68(76)77/h1-39,51-58,66-67H,40-41H2/t51-,52-,53-,54-,55+,56+,57-,58-,66-,67-/m1/s1. The van der Waals surface area contributed by atoms with E-state index in [4.69, 9.17) is 47.4 Å². The second-order valence-electron chi connectivity index (χ2n) is 19.7. The van der Waals surface area contributed by atoms with Crippen molar-refractivity contribution in [2.75, 3.05) is 13.2 Å². The first-order chi connectivity index (χ1) is 42.9. The molecule has 20 nitrogen and oxygen atoms in total. The lowest BCUT2D eigenvalue weighted by molar-refractivity contribution is -0.384. The molecule has 0 N–H and O–H groups in total. The number of carbonyl (C=O) groups is 7. The Morgan fingerprint density at radius 2 is 0.693 bits per heavy atom. The van der Waals surface area contributed by atoms with E-state index in [-0.39, 0.29) is 50.4 Å². The first-order valence-corrected chi connectivity index (χ1v) is 28.4. The monoisotopic (exact) mass is 1210 g/mol. The highest BCUT2D eigenvalue weighted by molar-refractivity contribution is 8.00. The number of rotatable bonds is 21. The summed E-state index contributed by atoms with van der Waals surface area (Å²) in [7, 11) is 0. The van der Waals surface area contributed by atoms with Crippen LogP contribution in [0.2, 0.25) is 0 Å². The van der Waals surface area contributed by atoms with Gasteiger partial charge in [-0.2, -0.15) is 0 Å². The fourth-order valence-electron chi connectivity index (χ4n) is 9.44. The van der Waals surface area contributed by atoms with Crippen LogP contribution in [0.5, 0.6) is 5.75 Å². The molecule has 88 heavy (non-hydrogen) atoms. The molecule has 2 aliphatic rings. The molecule has 21 heteroatoms. The van der Waals surface area contributed by atoms with Crippen LogP contribution in [-0.2, 0) is 42.6 Å². The molecule has 2 heterocycles. The molecule has 0 spiro atoms. The second kappa shape index (κ2) is 29.1. The number of ether oxygens (including phenoxy) is 10. The molecule has 2 fully saturated rings. The number of thioether (sulfide) groups is 1. The van der Waals surface area contributed by atoms with Crippen molar-refractivity contribution in [2.24, 2.45) is 0 Å². The summed E-state index contributed by atoms with van der Waals surface area (Å²) in [6.45, 7) is -1.29. The Morgan fingerprint density at radius 3 is 1.07 bits per heavy atom. The van der Waals surface area contributed by atoms with E-state index in [1.165, 1.54) is 97.1 Å². The van der Waals surface area contributed by atoms with Gasteiger partial charge in [0.1, 0.15) is 23.9 Å². The molecule has 446 valence electrons. The second-order valence-corrected chi connectivity index (χ2v) is 21.0. The lowest BCUT2D eigenvalue weighted by Gasteiger charge is -2.46. The summed E-state index contributed by atoms with van der Waals surface area (Å²) in [6.07, 6.45) is -14.1. The van der Waals surface area contributed by atoms with Gasteiger partial charge in [-0.05, 0) is 97.1 Å². The van der Waals surface area contributed by atoms with Crippen molar-refractivity contribution in [1.29, 1.82) is 0 Å². The highest BCUT2D eigenvalue weighted by Crippen LogP contribution is 2.41.